The third-order valence-corrected chi connectivity index (χ3v) is 13.6. The quantitative estimate of drug-likeness (QED) is 0.163. The number of hydrogen-bond donors (Lipinski definition) is 0. The molecule has 1 aromatic heterocycles. The molecule has 63 heavy (non-hydrogen) atoms. The van der Waals surface area contributed by atoms with Crippen LogP contribution in [0.2, 0.25) is 0 Å². The van der Waals surface area contributed by atoms with Crippen LogP contribution in [0, 0.1) is 5.41 Å². The Labute approximate surface area is 367 Å². The summed E-state index contributed by atoms with van der Waals surface area (Å²) in [6, 6.07) is 73.0. The van der Waals surface area contributed by atoms with E-state index in [1.54, 1.807) is 0 Å². The highest BCUT2D eigenvalue weighted by Gasteiger charge is 2.50. The van der Waals surface area contributed by atoms with E-state index in [1.807, 2.05) is 0 Å². The van der Waals surface area contributed by atoms with Crippen LogP contribution in [0.1, 0.15) is 22.3 Å². The fourth-order valence-corrected chi connectivity index (χ4v) is 10.7. The van der Waals surface area contributed by atoms with E-state index in [0.29, 0.717) is 0 Å². The summed E-state index contributed by atoms with van der Waals surface area (Å²) in [6.07, 6.45) is 16.7. The molecule has 1 atom stereocenters. The summed E-state index contributed by atoms with van der Waals surface area (Å²) in [5, 5.41) is 2.50. The lowest BCUT2D eigenvalue weighted by molar-refractivity contribution is 0.677. The van der Waals surface area contributed by atoms with Crippen LogP contribution >= 0.6 is 0 Å². The maximum Gasteiger partial charge on any atom is 0.0803 e. The van der Waals surface area contributed by atoms with E-state index < -0.39 is 5.41 Å². The summed E-state index contributed by atoms with van der Waals surface area (Å²) < 4.78 is 2.38. The molecule has 0 amide bonds. The fourth-order valence-electron chi connectivity index (χ4n) is 10.7. The first kappa shape index (κ1) is 35.5. The number of hydrogen-bond acceptors (Lipinski definition) is 1. The Balaban J connectivity index is 0.982. The molecule has 0 aliphatic heterocycles. The maximum atomic E-state index is 2.50. The van der Waals surface area contributed by atoms with Gasteiger partial charge in [-0.15, -0.1) is 0 Å². The standard InChI is InChI=1S/C61H40N2/c1-3-14-41(15-4-1)42-25-30-48(31-26-42)62(49-32-27-43(28-33-49)44-29-35-59-55(38-44)54-22-11-12-24-58(54)63(59)47-18-5-2-6-19-47)60-36-34-53-51-21-10-8-17-46(51)40-57(53)61(60)37-13-23-52-50-20-9-7-16-45(50)39-56(52)61/h1-40H. The second-order valence-corrected chi connectivity index (χ2v) is 16.9. The first-order valence-electron chi connectivity index (χ1n) is 21.8. The molecule has 2 nitrogen and oxygen atoms in total. The summed E-state index contributed by atoms with van der Waals surface area (Å²) >= 11 is 0. The summed E-state index contributed by atoms with van der Waals surface area (Å²) in [5.74, 6) is 0. The minimum absolute atomic E-state index is 0.568. The van der Waals surface area contributed by atoms with Crippen molar-refractivity contribution in [2.75, 3.05) is 4.90 Å². The molecule has 0 radical (unpaired) electrons. The summed E-state index contributed by atoms with van der Waals surface area (Å²) in [5.41, 5.74) is 21.5. The summed E-state index contributed by atoms with van der Waals surface area (Å²) in [7, 11) is 0. The predicted molar refractivity (Wildman–Crippen MR) is 265 cm³/mol. The van der Waals surface area contributed by atoms with Gasteiger partial charge in [-0.2, -0.15) is 0 Å². The van der Waals surface area contributed by atoms with Gasteiger partial charge in [0.1, 0.15) is 0 Å². The molecule has 9 aromatic rings. The van der Waals surface area contributed by atoms with Crippen LogP contribution in [-0.4, -0.2) is 4.57 Å². The highest BCUT2D eigenvalue weighted by molar-refractivity contribution is 6.11. The summed E-state index contributed by atoms with van der Waals surface area (Å²) in [6.45, 7) is 0. The lowest BCUT2D eigenvalue weighted by Gasteiger charge is -2.46. The molecule has 294 valence electrons. The zero-order valence-corrected chi connectivity index (χ0v) is 34.5. The maximum absolute atomic E-state index is 2.50. The van der Waals surface area contributed by atoms with Gasteiger partial charge in [-0.25, -0.2) is 0 Å². The lowest BCUT2D eigenvalue weighted by atomic mass is 9.63. The van der Waals surface area contributed by atoms with Gasteiger partial charge in [0.25, 0.3) is 0 Å². The van der Waals surface area contributed by atoms with E-state index in [2.05, 4.69) is 252 Å². The van der Waals surface area contributed by atoms with Gasteiger partial charge in [0.15, 0.2) is 0 Å². The van der Waals surface area contributed by atoms with E-state index in [9.17, 15) is 0 Å². The number of rotatable bonds is 6. The Morgan fingerprint density at radius 3 is 1.60 bits per heavy atom. The van der Waals surface area contributed by atoms with E-state index in [1.165, 1.54) is 100.0 Å². The molecule has 8 aromatic carbocycles. The van der Waals surface area contributed by atoms with Gasteiger partial charge in [-0.3, -0.25) is 0 Å². The summed E-state index contributed by atoms with van der Waals surface area (Å²) in [4.78, 5) is 2.50. The van der Waals surface area contributed by atoms with Crippen molar-refractivity contribution in [1.29, 1.82) is 0 Å². The average molecular weight is 801 g/mol. The molecule has 0 N–H and O–H groups in total. The molecule has 1 heterocycles. The van der Waals surface area contributed by atoms with Crippen LogP contribution in [0.5, 0.6) is 0 Å². The number of aromatic nitrogens is 1. The fraction of sp³-hybridized carbons (Fsp3) is 0.0164. The van der Waals surface area contributed by atoms with Crippen molar-refractivity contribution in [3.8, 4) is 27.9 Å². The minimum Gasteiger partial charge on any atom is -0.313 e. The second kappa shape index (κ2) is 13.9. The van der Waals surface area contributed by atoms with Crippen molar-refractivity contribution < 1.29 is 0 Å². The second-order valence-electron chi connectivity index (χ2n) is 16.9. The van der Waals surface area contributed by atoms with Gasteiger partial charge in [0.2, 0.25) is 0 Å². The first-order chi connectivity index (χ1) is 31.2. The first-order valence-corrected chi connectivity index (χ1v) is 21.8. The van der Waals surface area contributed by atoms with Gasteiger partial charge < -0.3 is 9.47 Å². The topological polar surface area (TPSA) is 8.17 Å². The van der Waals surface area contributed by atoms with Gasteiger partial charge >= 0.3 is 0 Å². The van der Waals surface area contributed by atoms with E-state index in [0.717, 1.165) is 11.4 Å². The zero-order chi connectivity index (χ0) is 41.5. The smallest absolute Gasteiger partial charge is 0.0803 e. The molecule has 13 rings (SSSR count). The van der Waals surface area contributed by atoms with E-state index in [-0.39, 0.29) is 0 Å². The van der Waals surface area contributed by atoms with Gasteiger partial charge in [0.05, 0.1) is 16.4 Å². The van der Waals surface area contributed by atoms with Gasteiger partial charge in [0, 0.05) is 33.5 Å². The van der Waals surface area contributed by atoms with E-state index in [4.69, 9.17) is 0 Å². The third-order valence-electron chi connectivity index (χ3n) is 13.6. The van der Waals surface area contributed by atoms with Crippen molar-refractivity contribution in [2.45, 2.75) is 0 Å². The van der Waals surface area contributed by atoms with Crippen LogP contribution in [0.25, 0.3) is 73.0 Å². The van der Waals surface area contributed by atoms with Gasteiger partial charge in [-0.05, 0) is 140 Å². The van der Waals surface area contributed by atoms with Crippen molar-refractivity contribution in [3.05, 3.63) is 270 Å². The molecular weight excluding hydrogens is 761 g/mol. The van der Waals surface area contributed by atoms with Crippen molar-refractivity contribution in [3.63, 3.8) is 0 Å². The largest absolute Gasteiger partial charge is 0.313 e. The Morgan fingerprint density at radius 1 is 0.397 bits per heavy atom. The van der Waals surface area contributed by atoms with Crippen molar-refractivity contribution in [1.82, 2.24) is 4.57 Å². The van der Waals surface area contributed by atoms with Gasteiger partial charge in [-0.1, -0.05) is 170 Å². The number of fused-ring (bicyclic) bond motifs is 11. The molecule has 1 unspecified atom stereocenters. The average Bonchev–Trinajstić information content (AvgIpc) is 4.04. The van der Waals surface area contributed by atoms with Crippen molar-refractivity contribution in [2.24, 2.45) is 5.41 Å². The Morgan fingerprint density at radius 2 is 0.921 bits per heavy atom. The number of anilines is 2. The van der Waals surface area contributed by atoms with Crippen LogP contribution in [-0.2, 0) is 0 Å². The minimum atomic E-state index is -0.568. The van der Waals surface area contributed by atoms with Crippen LogP contribution in [0.4, 0.5) is 11.4 Å². The number of para-hydroxylation sites is 2. The Kier molecular flexibility index (Phi) is 7.85. The normalized spacial score (nSPS) is 16.7. The highest BCUT2D eigenvalue weighted by atomic mass is 15.2. The Bertz CT molecular complexity index is 3500. The number of benzene rings is 8. The monoisotopic (exact) mass is 800 g/mol. The molecule has 0 saturated carbocycles. The van der Waals surface area contributed by atoms with Crippen LogP contribution in [0.15, 0.2) is 247 Å². The highest BCUT2D eigenvalue weighted by Crippen LogP contribution is 2.63. The van der Waals surface area contributed by atoms with Crippen LogP contribution < -0.4 is 4.90 Å². The molecular formula is C61H40N2. The SMILES string of the molecule is C1=CC2(C3=Cc4ccccc4C3=C1)C1=Cc3ccccc3C1=CC=C2N(c1ccc(-c2ccccc2)cc1)c1ccc(-c2ccc3c(c2)c2ccccc2n3-c2ccccc2)cc1. The van der Waals surface area contributed by atoms with Crippen molar-refractivity contribution >= 4 is 56.5 Å². The lowest BCUT2D eigenvalue weighted by Crippen LogP contribution is -2.37. The molecule has 2 heteroatoms. The molecule has 0 saturated heterocycles. The number of allylic oxidation sites excluding steroid dienone is 7. The zero-order valence-electron chi connectivity index (χ0n) is 34.5. The Hall–Kier alpha value is -8.20. The molecule has 4 aliphatic rings. The molecule has 1 spiro atoms. The molecule has 0 fully saturated rings. The predicted octanol–water partition coefficient (Wildman–Crippen LogP) is 15.7. The van der Waals surface area contributed by atoms with E-state index >= 15 is 0 Å². The third kappa shape index (κ3) is 5.38. The molecule has 4 aliphatic carbocycles. The van der Waals surface area contributed by atoms with Crippen LogP contribution in [0.3, 0.4) is 0 Å². The number of nitrogens with zero attached hydrogens (tertiary/aromatic N) is 2. The molecule has 0 bridgehead atoms.